The molecule has 5 heteroatoms. The summed E-state index contributed by atoms with van der Waals surface area (Å²) in [5, 5.41) is 14.0. The van der Waals surface area contributed by atoms with Crippen molar-refractivity contribution in [2.45, 2.75) is 31.6 Å². The predicted octanol–water partition coefficient (Wildman–Crippen LogP) is 3.01. The molecule has 2 heterocycles. The molecule has 1 aliphatic rings. The first-order valence-electron chi connectivity index (χ1n) is 8.36. The van der Waals surface area contributed by atoms with Crippen molar-refractivity contribution in [1.29, 1.82) is 0 Å². The number of nitrogens with zero attached hydrogens (tertiary/aromatic N) is 1. The van der Waals surface area contributed by atoms with Gasteiger partial charge in [0.25, 0.3) is 0 Å². The van der Waals surface area contributed by atoms with E-state index in [2.05, 4.69) is 16.4 Å². The Hall–Kier alpha value is -1.56. The molecule has 0 bridgehead atoms. The molecule has 24 heavy (non-hydrogen) atoms. The number of aromatic nitrogens is 1. The second kappa shape index (κ2) is 8.51. The van der Waals surface area contributed by atoms with E-state index in [9.17, 15) is 5.11 Å². The molecule has 2 N–H and O–H groups in total. The Morgan fingerprint density at radius 2 is 2.00 bits per heavy atom. The number of benzene rings is 1. The van der Waals surface area contributed by atoms with Crippen LogP contribution in [0.15, 0.2) is 48.8 Å². The first-order valence-corrected chi connectivity index (χ1v) is 9.51. The van der Waals surface area contributed by atoms with E-state index in [-0.39, 0.29) is 0 Å². The highest BCUT2D eigenvalue weighted by Crippen LogP contribution is 2.26. The van der Waals surface area contributed by atoms with Gasteiger partial charge in [-0.05, 0) is 36.5 Å². The number of para-hydroxylation sites is 1. The number of hydrogen-bond acceptors (Lipinski definition) is 5. The van der Waals surface area contributed by atoms with Gasteiger partial charge in [-0.3, -0.25) is 4.98 Å². The fraction of sp³-hybridized carbons (Fsp3) is 0.421. The first kappa shape index (κ1) is 17.3. The number of ether oxygens (including phenoxy) is 1. The van der Waals surface area contributed by atoms with E-state index in [1.165, 1.54) is 0 Å². The number of hydrogen-bond donors (Lipinski definition) is 2. The van der Waals surface area contributed by atoms with Crippen LogP contribution in [0.4, 0.5) is 0 Å². The third-order valence-electron chi connectivity index (χ3n) is 4.28. The second-order valence-electron chi connectivity index (χ2n) is 6.20. The molecule has 1 aromatic heterocycles. The number of rotatable bonds is 7. The van der Waals surface area contributed by atoms with Crippen molar-refractivity contribution >= 4 is 11.8 Å². The van der Waals surface area contributed by atoms with E-state index in [1.54, 1.807) is 6.20 Å². The number of nitrogens with one attached hydrogen (secondary N) is 1. The highest BCUT2D eigenvalue weighted by Gasteiger charge is 2.28. The average molecular weight is 344 g/mol. The molecule has 1 saturated heterocycles. The van der Waals surface area contributed by atoms with Crippen molar-refractivity contribution in [3.05, 3.63) is 59.9 Å². The van der Waals surface area contributed by atoms with Gasteiger partial charge in [-0.2, -0.15) is 11.8 Å². The highest BCUT2D eigenvalue weighted by molar-refractivity contribution is 7.99. The molecule has 0 atom stereocenters. The number of pyridine rings is 1. The van der Waals surface area contributed by atoms with Crippen molar-refractivity contribution in [1.82, 2.24) is 10.3 Å². The molecule has 1 aromatic carbocycles. The topological polar surface area (TPSA) is 54.4 Å². The predicted molar refractivity (Wildman–Crippen MR) is 98.2 cm³/mol. The molecule has 0 unspecified atom stereocenters. The number of aliphatic hydroxyl groups is 1. The number of thioether (sulfide) groups is 1. The standard InChI is InChI=1S/C19H24N2O2S/c22-19(7-10-24-11-8-19)15-21-13-17-5-1-2-6-18(17)23-14-16-4-3-9-20-12-16/h1-6,9,12,21-22H,7-8,10-11,13-15H2. The quantitative estimate of drug-likeness (QED) is 0.809. The van der Waals surface area contributed by atoms with E-state index >= 15 is 0 Å². The van der Waals surface area contributed by atoms with E-state index in [1.807, 2.05) is 48.3 Å². The molecule has 1 aliphatic heterocycles. The normalized spacial score (nSPS) is 16.7. The Morgan fingerprint density at radius 1 is 1.17 bits per heavy atom. The fourth-order valence-corrected chi connectivity index (χ4v) is 4.05. The summed E-state index contributed by atoms with van der Waals surface area (Å²) in [5.74, 6) is 2.96. The first-order chi connectivity index (χ1) is 11.8. The van der Waals surface area contributed by atoms with Gasteiger partial charge in [-0.1, -0.05) is 24.3 Å². The SMILES string of the molecule is OC1(CNCc2ccccc2OCc2cccnc2)CCSCC1. The summed E-state index contributed by atoms with van der Waals surface area (Å²) in [6.45, 7) is 1.83. The summed E-state index contributed by atoms with van der Waals surface area (Å²) >= 11 is 1.92. The van der Waals surface area contributed by atoms with Crippen LogP contribution < -0.4 is 10.1 Å². The van der Waals surface area contributed by atoms with Crippen LogP contribution in [-0.2, 0) is 13.2 Å². The summed E-state index contributed by atoms with van der Waals surface area (Å²) in [5.41, 5.74) is 1.60. The third-order valence-corrected chi connectivity index (χ3v) is 5.27. The minimum atomic E-state index is -0.559. The lowest BCUT2D eigenvalue weighted by molar-refractivity contribution is 0.0319. The molecule has 0 amide bonds. The Kier molecular flexibility index (Phi) is 6.12. The molecule has 0 saturated carbocycles. The lowest BCUT2D eigenvalue weighted by Gasteiger charge is -2.32. The van der Waals surface area contributed by atoms with E-state index < -0.39 is 5.60 Å². The van der Waals surface area contributed by atoms with Gasteiger partial charge in [0.1, 0.15) is 12.4 Å². The van der Waals surface area contributed by atoms with Crippen molar-refractivity contribution in [2.75, 3.05) is 18.1 Å². The highest BCUT2D eigenvalue weighted by atomic mass is 32.2. The van der Waals surface area contributed by atoms with Gasteiger partial charge in [0, 0.05) is 36.6 Å². The molecule has 3 rings (SSSR count). The van der Waals surface area contributed by atoms with E-state index in [0.29, 0.717) is 19.7 Å². The summed E-state index contributed by atoms with van der Waals surface area (Å²) in [4.78, 5) is 4.11. The van der Waals surface area contributed by atoms with Crippen LogP contribution in [0, 0.1) is 0 Å². The fourth-order valence-electron chi connectivity index (χ4n) is 2.79. The van der Waals surface area contributed by atoms with Gasteiger partial charge in [0.15, 0.2) is 0 Å². The van der Waals surface area contributed by atoms with Crippen LogP contribution in [0.25, 0.3) is 0 Å². The molecule has 4 nitrogen and oxygen atoms in total. The maximum absolute atomic E-state index is 10.6. The average Bonchev–Trinajstić information content (AvgIpc) is 2.62. The largest absolute Gasteiger partial charge is 0.489 e. The molecule has 0 spiro atoms. The van der Waals surface area contributed by atoms with Crippen LogP contribution in [0.3, 0.4) is 0 Å². The zero-order chi connectivity index (χ0) is 16.7. The molecule has 1 fully saturated rings. The summed E-state index contributed by atoms with van der Waals surface area (Å²) < 4.78 is 5.95. The lowest BCUT2D eigenvalue weighted by atomic mass is 9.97. The molecule has 0 radical (unpaired) electrons. The molecular weight excluding hydrogens is 320 g/mol. The Morgan fingerprint density at radius 3 is 2.79 bits per heavy atom. The third kappa shape index (κ3) is 4.97. The van der Waals surface area contributed by atoms with E-state index in [0.717, 1.165) is 41.2 Å². The molecule has 0 aliphatic carbocycles. The molecule has 2 aromatic rings. The van der Waals surface area contributed by atoms with Crippen molar-refractivity contribution < 1.29 is 9.84 Å². The van der Waals surface area contributed by atoms with Crippen LogP contribution >= 0.6 is 11.8 Å². The zero-order valence-corrected chi connectivity index (χ0v) is 14.6. The van der Waals surface area contributed by atoms with Gasteiger partial charge in [0.2, 0.25) is 0 Å². The second-order valence-corrected chi connectivity index (χ2v) is 7.42. The van der Waals surface area contributed by atoms with Gasteiger partial charge in [0.05, 0.1) is 5.60 Å². The molecule has 128 valence electrons. The van der Waals surface area contributed by atoms with Gasteiger partial charge < -0.3 is 15.2 Å². The maximum atomic E-state index is 10.6. The van der Waals surface area contributed by atoms with Crippen LogP contribution in [0.1, 0.15) is 24.0 Å². The smallest absolute Gasteiger partial charge is 0.124 e. The van der Waals surface area contributed by atoms with Crippen LogP contribution in [0.5, 0.6) is 5.75 Å². The monoisotopic (exact) mass is 344 g/mol. The van der Waals surface area contributed by atoms with Gasteiger partial charge >= 0.3 is 0 Å². The zero-order valence-electron chi connectivity index (χ0n) is 13.8. The van der Waals surface area contributed by atoms with Crippen molar-refractivity contribution in [2.24, 2.45) is 0 Å². The lowest BCUT2D eigenvalue weighted by Crippen LogP contribution is -2.43. The van der Waals surface area contributed by atoms with Crippen molar-refractivity contribution in [3.63, 3.8) is 0 Å². The Labute approximate surface area is 147 Å². The minimum Gasteiger partial charge on any atom is -0.489 e. The van der Waals surface area contributed by atoms with Crippen molar-refractivity contribution in [3.8, 4) is 5.75 Å². The Balaban J connectivity index is 1.54. The maximum Gasteiger partial charge on any atom is 0.124 e. The summed E-state index contributed by atoms with van der Waals surface area (Å²) in [7, 11) is 0. The minimum absolute atomic E-state index is 0.506. The van der Waals surface area contributed by atoms with Gasteiger partial charge in [-0.25, -0.2) is 0 Å². The van der Waals surface area contributed by atoms with Crippen LogP contribution in [-0.4, -0.2) is 33.7 Å². The molecular formula is C19H24N2O2S. The Bertz CT molecular complexity index is 630. The van der Waals surface area contributed by atoms with E-state index in [4.69, 9.17) is 4.74 Å². The van der Waals surface area contributed by atoms with Crippen LogP contribution in [0.2, 0.25) is 0 Å². The summed E-state index contributed by atoms with van der Waals surface area (Å²) in [6.07, 6.45) is 5.31. The van der Waals surface area contributed by atoms with Gasteiger partial charge in [-0.15, -0.1) is 0 Å². The summed E-state index contributed by atoms with van der Waals surface area (Å²) in [6, 6.07) is 12.0.